The fourth-order valence-electron chi connectivity index (χ4n) is 3.15. The summed E-state index contributed by atoms with van der Waals surface area (Å²) in [5.74, 6) is -1.48. The standard InChI is InChI=1S/C17H32N3O6P/c1-7-9-20(10-8-2)17(23)26-27(18-13(11(3)4)15(21)24-27)19-14(12(5)6)16(22)25-27/h11-14,18-19H,7-10H2,1-6H3/t13-,14-/m0/s1. The van der Waals surface area contributed by atoms with E-state index in [0.717, 1.165) is 12.8 Å². The Morgan fingerprint density at radius 3 is 1.70 bits per heavy atom. The zero-order valence-corrected chi connectivity index (χ0v) is 17.9. The van der Waals surface area contributed by atoms with Crippen molar-refractivity contribution in [2.45, 2.75) is 66.5 Å². The monoisotopic (exact) mass is 405 g/mol. The van der Waals surface area contributed by atoms with Crippen LogP contribution in [0.3, 0.4) is 0 Å². The fourth-order valence-corrected chi connectivity index (χ4v) is 6.70. The van der Waals surface area contributed by atoms with Crippen LogP contribution in [0.5, 0.6) is 0 Å². The topological polar surface area (TPSA) is 106 Å². The molecule has 2 saturated heterocycles. The van der Waals surface area contributed by atoms with Gasteiger partial charge in [-0.05, 0) is 0 Å². The van der Waals surface area contributed by atoms with Gasteiger partial charge in [0.1, 0.15) is 0 Å². The van der Waals surface area contributed by atoms with Crippen molar-refractivity contribution < 1.29 is 28.0 Å². The van der Waals surface area contributed by atoms with E-state index < -0.39 is 37.7 Å². The van der Waals surface area contributed by atoms with Gasteiger partial charge >= 0.3 is 160 Å². The molecule has 2 rings (SSSR count). The normalized spacial score (nSPS) is 27.3. The molecule has 1 amide bonds. The van der Waals surface area contributed by atoms with Gasteiger partial charge in [-0.3, -0.25) is 0 Å². The van der Waals surface area contributed by atoms with E-state index in [4.69, 9.17) is 13.6 Å². The summed E-state index contributed by atoms with van der Waals surface area (Å²) in [7, 11) is -4.67. The number of nitrogens with zero attached hydrogens (tertiary/aromatic N) is 1. The summed E-state index contributed by atoms with van der Waals surface area (Å²) < 4.78 is 16.8. The molecule has 0 unspecified atom stereocenters. The zero-order valence-electron chi connectivity index (χ0n) is 17.0. The predicted octanol–water partition coefficient (Wildman–Crippen LogP) is 2.72. The average molecular weight is 405 g/mol. The third-order valence-electron chi connectivity index (χ3n) is 4.57. The van der Waals surface area contributed by atoms with Crippen LogP contribution < -0.4 is 10.2 Å². The Balaban J connectivity index is 2.39. The molecule has 0 radical (unpaired) electrons. The Bertz CT molecular complexity index is 569. The van der Waals surface area contributed by atoms with Crippen LogP contribution in [0.25, 0.3) is 0 Å². The van der Waals surface area contributed by atoms with Gasteiger partial charge in [0.2, 0.25) is 0 Å². The van der Waals surface area contributed by atoms with Crippen molar-refractivity contribution in [2.75, 3.05) is 13.1 Å². The van der Waals surface area contributed by atoms with E-state index in [9.17, 15) is 14.4 Å². The molecule has 2 fully saturated rings. The molecule has 0 saturated carbocycles. The number of nitrogens with one attached hydrogen (secondary N) is 2. The molecule has 1 spiro atoms. The van der Waals surface area contributed by atoms with Crippen molar-refractivity contribution in [3.05, 3.63) is 0 Å². The first-order valence-corrected chi connectivity index (χ1v) is 11.6. The van der Waals surface area contributed by atoms with E-state index in [1.807, 2.05) is 41.5 Å². The van der Waals surface area contributed by atoms with Crippen LogP contribution in [0.2, 0.25) is 0 Å². The second-order valence-electron chi connectivity index (χ2n) is 7.75. The van der Waals surface area contributed by atoms with E-state index in [1.54, 1.807) is 0 Å². The van der Waals surface area contributed by atoms with Gasteiger partial charge in [0.25, 0.3) is 0 Å². The van der Waals surface area contributed by atoms with Crippen LogP contribution in [0.4, 0.5) is 4.79 Å². The first-order chi connectivity index (χ1) is 12.6. The molecule has 9 nitrogen and oxygen atoms in total. The van der Waals surface area contributed by atoms with Crippen molar-refractivity contribution in [1.82, 2.24) is 15.1 Å². The maximum atomic E-state index is 12.9. The molecule has 0 bridgehead atoms. The van der Waals surface area contributed by atoms with Crippen LogP contribution in [0.15, 0.2) is 0 Å². The summed E-state index contributed by atoms with van der Waals surface area (Å²) in [6.07, 6.45) is 0.814. The molecular formula is C17H32N3O6P. The number of rotatable bonds is 7. The van der Waals surface area contributed by atoms with Crippen LogP contribution >= 0.6 is 7.59 Å². The van der Waals surface area contributed by atoms with E-state index in [-0.39, 0.29) is 11.8 Å². The summed E-state index contributed by atoms with van der Waals surface area (Å²) in [6.45, 7) is 12.2. The van der Waals surface area contributed by atoms with Crippen LogP contribution in [-0.4, -0.2) is 48.1 Å². The van der Waals surface area contributed by atoms with Crippen molar-refractivity contribution in [3.63, 3.8) is 0 Å². The van der Waals surface area contributed by atoms with E-state index >= 15 is 0 Å². The SMILES string of the molecule is CCCN(CCC)C(=O)OP12(N[C@@H](C(C)C)C(=O)O1)N[C@@H](C(C)C)C(=O)O2. The van der Waals surface area contributed by atoms with E-state index in [0.29, 0.717) is 13.1 Å². The molecule has 0 aromatic carbocycles. The number of carbonyl (C=O) groups is 3. The van der Waals surface area contributed by atoms with Gasteiger partial charge in [-0.25, -0.2) is 0 Å². The number of carbonyl (C=O) groups excluding carboxylic acids is 3. The summed E-state index contributed by atoms with van der Waals surface area (Å²) in [5, 5.41) is 5.90. The summed E-state index contributed by atoms with van der Waals surface area (Å²) >= 11 is 0. The van der Waals surface area contributed by atoms with Crippen molar-refractivity contribution >= 4 is 25.6 Å². The van der Waals surface area contributed by atoms with Crippen molar-refractivity contribution in [3.8, 4) is 0 Å². The fraction of sp³-hybridized carbons (Fsp3) is 0.824. The van der Waals surface area contributed by atoms with Gasteiger partial charge < -0.3 is 0 Å². The van der Waals surface area contributed by atoms with Gasteiger partial charge in [-0.2, -0.15) is 0 Å². The first kappa shape index (κ1) is 21.9. The molecule has 2 N–H and O–H groups in total. The second-order valence-corrected chi connectivity index (χ2v) is 10.6. The van der Waals surface area contributed by atoms with E-state index in [1.165, 1.54) is 4.90 Å². The summed E-state index contributed by atoms with van der Waals surface area (Å²) in [4.78, 5) is 39.4. The van der Waals surface area contributed by atoms with Gasteiger partial charge in [0.05, 0.1) is 0 Å². The number of hydrogen-bond donors (Lipinski definition) is 2. The van der Waals surface area contributed by atoms with Gasteiger partial charge in [-0.15, -0.1) is 0 Å². The van der Waals surface area contributed by atoms with E-state index in [2.05, 4.69) is 10.2 Å². The Labute approximate surface area is 160 Å². The van der Waals surface area contributed by atoms with Crippen LogP contribution in [0, 0.1) is 11.8 Å². The molecule has 2 heterocycles. The third kappa shape index (κ3) is 4.20. The predicted molar refractivity (Wildman–Crippen MR) is 101 cm³/mol. The van der Waals surface area contributed by atoms with Crippen molar-refractivity contribution in [1.29, 1.82) is 0 Å². The van der Waals surface area contributed by atoms with Crippen molar-refractivity contribution in [2.24, 2.45) is 11.8 Å². The van der Waals surface area contributed by atoms with Crippen LogP contribution in [0.1, 0.15) is 54.4 Å². The van der Waals surface area contributed by atoms with Gasteiger partial charge in [0.15, 0.2) is 0 Å². The Morgan fingerprint density at radius 2 is 1.41 bits per heavy atom. The van der Waals surface area contributed by atoms with Gasteiger partial charge in [0, 0.05) is 0 Å². The molecule has 27 heavy (non-hydrogen) atoms. The molecule has 156 valence electrons. The minimum atomic E-state index is -4.67. The molecule has 0 aromatic heterocycles. The molecular weight excluding hydrogens is 373 g/mol. The summed E-state index contributed by atoms with van der Waals surface area (Å²) in [5.41, 5.74) is 0. The Hall–Kier alpha value is -1.44. The molecule has 0 aromatic rings. The maximum absolute atomic E-state index is 12.9. The van der Waals surface area contributed by atoms with Crippen LogP contribution in [-0.2, 0) is 23.2 Å². The molecule has 2 aliphatic rings. The Kier molecular flexibility index (Phi) is 6.39. The number of amides is 1. The second kappa shape index (κ2) is 7.89. The number of hydrogen-bond acceptors (Lipinski definition) is 8. The molecule has 0 aliphatic carbocycles. The zero-order chi connectivity index (χ0) is 20.4. The average Bonchev–Trinajstić information content (AvgIpc) is 3.01. The first-order valence-electron chi connectivity index (χ1n) is 9.62. The third-order valence-corrected chi connectivity index (χ3v) is 7.52. The minimum absolute atomic E-state index is 0.140. The quantitative estimate of drug-likeness (QED) is 0.623. The Morgan fingerprint density at radius 1 is 1.00 bits per heavy atom. The molecule has 2 aliphatic heterocycles. The molecule has 10 heteroatoms. The van der Waals surface area contributed by atoms with Gasteiger partial charge in [-0.1, -0.05) is 0 Å². The summed E-state index contributed by atoms with van der Waals surface area (Å²) in [6, 6.07) is -1.49. The molecule has 2 atom stereocenters.